The van der Waals surface area contributed by atoms with E-state index in [0.29, 0.717) is 19.3 Å². The van der Waals surface area contributed by atoms with Crippen LogP contribution in [0.5, 0.6) is 0 Å². The molecule has 0 bridgehead atoms. The van der Waals surface area contributed by atoms with Crippen molar-refractivity contribution in [2.24, 2.45) is 50.2 Å². The van der Waals surface area contributed by atoms with Crippen molar-refractivity contribution < 1.29 is 84.3 Å². The highest BCUT2D eigenvalue weighted by Crippen LogP contribution is 2.76. The number of aliphatic hydroxyl groups is 9. The van der Waals surface area contributed by atoms with Crippen LogP contribution in [-0.4, -0.2) is 169 Å². The van der Waals surface area contributed by atoms with Crippen molar-refractivity contribution in [2.75, 3.05) is 19.8 Å². The fourth-order valence-corrected chi connectivity index (χ4v) is 14.8. The van der Waals surface area contributed by atoms with Gasteiger partial charge in [0, 0.05) is 5.41 Å². The van der Waals surface area contributed by atoms with E-state index < -0.39 is 116 Å². The number of aliphatic hydroxyl groups excluding tert-OH is 9. The molecule has 3 heterocycles. The van der Waals surface area contributed by atoms with Crippen LogP contribution in [0.25, 0.3) is 0 Å². The van der Waals surface area contributed by atoms with Crippen LogP contribution in [0.15, 0.2) is 11.6 Å². The lowest BCUT2D eigenvalue weighted by molar-refractivity contribution is -0.381. The minimum absolute atomic E-state index is 0.00757. The van der Waals surface area contributed by atoms with Gasteiger partial charge in [-0.25, -0.2) is 0 Å². The molecule has 23 atom stereocenters. The van der Waals surface area contributed by atoms with E-state index in [-0.39, 0.29) is 52.6 Å². The van der Waals surface area contributed by atoms with Crippen LogP contribution in [0, 0.1) is 50.2 Å². The first-order chi connectivity index (χ1) is 29.9. The maximum Gasteiger partial charge on any atom is 0.310 e. The van der Waals surface area contributed by atoms with Gasteiger partial charge in [-0.1, -0.05) is 53.2 Å². The van der Waals surface area contributed by atoms with Crippen molar-refractivity contribution >= 4 is 5.97 Å². The number of carbonyl (C=O) groups is 1. The quantitative estimate of drug-likeness (QED) is 0.116. The molecule has 0 spiro atoms. The smallest absolute Gasteiger partial charge is 0.310 e. The second-order valence-electron chi connectivity index (χ2n) is 22.9. The Balaban J connectivity index is 1.05. The molecule has 3 aliphatic heterocycles. The van der Waals surface area contributed by atoms with Gasteiger partial charge in [0.05, 0.1) is 37.4 Å². The number of aliphatic carboxylic acids is 1. The molecule has 0 aromatic rings. The van der Waals surface area contributed by atoms with Crippen molar-refractivity contribution in [1.29, 1.82) is 0 Å². The molecule has 10 N–H and O–H groups in total. The predicted octanol–water partition coefficient (Wildman–Crippen LogP) is 1.35. The van der Waals surface area contributed by atoms with E-state index >= 15 is 0 Å². The van der Waals surface area contributed by atoms with Gasteiger partial charge < -0.3 is 79.5 Å². The van der Waals surface area contributed by atoms with Crippen molar-refractivity contribution in [3.63, 3.8) is 0 Å². The fraction of sp³-hybridized carbons (Fsp3) is 0.936. The van der Waals surface area contributed by atoms with Crippen LogP contribution >= 0.6 is 0 Å². The van der Waals surface area contributed by atoms with Gasteiger partial charge in [-0.2, -0.15) is 0 Å². The van der Waals surface area contributed by atoms with Gasteiger partial charge in [0.15, 0.2) is 18.9 Å². The number of fused-ring (bicyclic) bond motifs is 7. The molecule has 0 aromatic heterocycles. The molecule has 0 aromatic carbocycles. The van der Waals surface area contributed by atoms with Crippen molar-refractivity contribution in [3.8, 4) is 0 Å². The summed E-state index contributed by atoms with van der Waals surface area (Å²) >= 11 is 0. The highest BCUT2D eigenvalue weighted by Gasteiger charge is 2.70. The Kier molecular flexibility index (Phi) is 13.2. The Morgan fingerprint density at radius 1 is 0.719 bits per heavy atom. The van der Waals surface area contributed by atoms with Crippen molar-refractivity contribution in [1.82, 2.24) is 0 Å². The van der Waals surface area contributed by atoms with Crippen LogP contribution in [0.1, 0.15) is 113 Å². The van der Waals surface area contributed by atoms with Gasteiger partial charge in [0.1, 0.15) is 61.0 Å². The normalized spacial score (nSPS) is 55.0. The Labute approximate surface area is 376 Å². The van der Waals surface area contributed by atoms with Crippen LogP contribution < -0.4 is 0 Å². The minimum atomic E-state index is -1.77. The molecule has 8 aliphatic rings. The summed E-state index contributed by atoms with van der Waals surface area (Å²) in [5.74, 6) is -0.441. The maximum atomic E-state index is 13.1. The molecule has 7 fully saturated rings. The number of rotatable bonds is 9. The molecule has 366 valence electrons. The van der Waals surface area contributed by atoms with Crippen LogP contribution in [0.3, 0.4) is 0 Å². The minimum Gasteiger partial charge on any atom is -0.481 e. The fourth-order valence-electron chi connectivity index (χ4n) is 14.8. The van der Waals surface area contributed by atoms with Crippen molar-refractivity contribution in [3.05, 3.63) is 11.6 Å². The van der Waals surface area contributed by atoms with Crippen LogP contribution in [-0.2, 0) is 33.2 Å². The summed E-state index contributed by atoms with van der Waals surface area (Å²) in [7, 11) is 0. The Bertz CT molecular complexity index is 1750. The zero-order valence-electron chi connectivity index (χ0n) is 38.5. The van der Waals surface area contributed by atoms with Crippen LogP contribution in [0.4, 0.5) is 0 Å². The third kappa shape index (κ3) is 7.49. The van der Waals surface area contributed by atoms with E-state index in [1.165, 1.54) is 12.5 Å². The largest absolute Gasteiger partial charge is 0.481 e. The number of allylic oxidation sites excluding steroid dienone is 2. The van der Waals surface area contributed by atoms with Crippen molar-refractivity contribution in [2.45, 2.75) is 205 Å². The van der Waals surface area contributed by atoms with Gasteiger partial charge in [-0.15, -0.1) is 0 Å². The molecule has 17 nitrogen and oxygen atoms in total. The van der Waals surface area contributed by atoms with E-state index in [2.05, 4.69) is 40.7 Å². The van der Waals surface area contributed by atoms with Crippen LogP contribution in [0.2, 0.25) is 0 Å². The molecule has 8 rings (SSSR count). The standard InChI is InChI=1S/C47H76O17/c1-22-30(50)33(53)35(55)38(60-22)64-37-32(52)26(62-39-36(56)34(54)31(51)25(19-48)61-39)20-59-40(37)63-29-11-12-43(4)27(44(29,5)21-49)10-13-46(7)28(43)9-8-23-24-18-42(2,3)14-16-47(24,41(57)58)17-15-45(23,46)6/h8,22,24-40,48-56H,9-21H2,1-7H3,(H,57,58)/t22-,24?,25+,26-,27?,28?,29?,30-,31+,32-,33+,34-,35+,36+,37+,38+,39-,40-,43-,44-,45+,46+,47-/m0/s1. The number of carboxylic acid groups (broad SMARTS) is 1. The Morgan fingerprint density at radius 3 is 2.03 bits per heavy atom. The molecule has 0 radical (unpaired) electrons. The molecule has 64 heavy (non-hydrogen) atoms. The number of carboxylic acids is 1. The molecule has 4 saturated carbocycles. The lowest BCUT2D eigenvalue weighted by Crippen LogP contribution is -2.67. The molecule has 3 saturated heterocycles. The average molecular weight is 913 g/mol. The van der Waals surface area contributed by atoms with E-state index in [9.17, 15) is 55.9 Å². The Hall–Kier alpha value is -1.39. The third-order valence-electron chi connectivity index (χ3n) is 19.1. The lowest BCUT2D eigenvalue weighted by atomic mass is 9.33. The maximum absolute atomic E-state index is 13.1. The monoisotopic (exact) mass is 913 g/mol. The Morgan fingerprint density at radius 2 is 1.38 bits per heavy atom. The predicted molar refractivity (Wildman–Crippen MR) is 225 cm³/mol. The number of hydrogen-bond donors (Lipinski definition) is 10. The molecule has 17 heteroatoms. The first kappa shape index (κ1) is 49.0. The summed E-state index contributed by atoms with van der Waals surface area (Å²) < 4.78 is 36.5. The highest BCUT2D eigenvalue weighted by atomic mass is 16.8. The number of hydrogen-bond acceptors (Lipinski definition) is 16. The zero-order chi connectivity index (χ0) is 46.7. The summed E-state index contributed by atoms with van der Waals surface area (Å²) in [4.78, 5) is 13.1. The second-order valence-corrected chi connectivity index (χ2v) is 22.9. The van der Waals surface area contributed by atoms with E-state index in [4.69, 9.17) is 28.4 Å². The third-order valence-corrected chi connectivity index (χ3v) is 19.1. The topological polar surface area (TPSA) is 275 Å². The summed E-state index contributed by atoms with van der Waals surface area (Å²) in [6.07, 6.45) is -11.7. The zero-order valence-corrected chi connectivity index (χ0v) is 38.5. The summed E-state index contributed by atoms with van der Waals surface area (Å²) in [6, 6.07) is 0. The first-order valence-electron chi connectivity index (χ1n) is 23.7. The van der Waals surface area contributed by atoms with E-state index in [1.807, 2.05) is 6.92 Å². The SMILES string of the molecule is C[C@@H]1O[C@H](O[C@H]2[C@H](OC3CC[C@@]4(C)C(CC[C@]5(C)C4CC=C4C6CC(C)(C)CC[C@]6(C(=O)O)CC[C@]45C)[C@]3(C)CO)OC[C@H](O[C@@H]3O[C@H](CO)[C@@H](O)[C@H](O)[C@H]3O)[C@@H]2O)[C@H](O)[C@H](O)[C@H]1O. The number of ether oxygens (including phenoxy) is 6. The average Bonchev–Trinajstić information content (AvgIpc) is 3.24. The molecule has 0 amide bonds. The second kappa shape index (κ2) is 17.2. The van der Waals surface area contributed by atoms with Gasteiger partial charge in [0.25, 0.3) is 0 Å². The molecule has 4 unspecified atom stereocenters. The highest BCUT2D eigenvalue weighted by molar-refractivity contribution is 5.76. The molecular weight excluding hydrogens is 837 g/mol. The van der Waals surface area contributed by atoms with E-state index in [1.54, 1.807) is 0 Å². The van der Waals surface area contributed by atoms with Gasteiger partial charge in [-0.05, 0) is 111 Å². The summed E-state index contributed by atoms with van der Waals surface area (Å²) in [5, 5.41) is 108. The van der Waals surface area contributed by atoms with E-state index in [0.717, 1.165) is 44.9 Å². The summed E-state index contributed by atoms with van der Waals surface area (Å²) in [6.45, 7) is 14.0. The lowest BCUT2D eigenvalue weighted by Gasteiger charge is -2.71. The van der Waals surface area contributed by atoms with Gasteiger partial charge in [0.2, 0.25) is 0 Å². The first-order valence-corrected chi connectivity index (χ1v) is 23.7. The molecule has 5 aliphatic carbocycles. The summed E-state index contributed by atoms with van der Waals surface area (Å²) in [5.41, 5.74) is -0.704. The van der Waals surface area contributed by atoms with Gasteiger partial charge in [-0.3, -0.25) is 4.79 Å². The molecular formula is C47H76O17. The van der Waals surface area contributed by atoms with Gasteiger partial charge >= 0.3 is 5.97 Å².